The third-order valence-corrected chi connectivity index (χ3v) is 7.79. The molecule has 8 nitrogen and oxygen atoms in total. The van der Waals surface area contributed by atoms with Crippen LogP contribution in [0.3, 0.4) is 0 Å². The van der Waals surface area contributed by atoms with Crippen molar-refractivity contribution in [3.05, 3.63) is 52.7 Å². The van der Waals surface area contributed by atoms with Crippen molar-refractivity contribution in [2.45, 2.75) is 45.2 Å². The Balaban J connectivity index is 1.73. The first kappa shape index (κ1) is 21.8. The maximum Gasteiger partial charge on any atom is 0.282 e. The number of halogens is 1. The van der Waals surface area contributed by atoms with E-state index >= 15 is 0 Å². The molecule has 0 N–H and O–H groups in total. The molecule has 1 atom stereocenters. The van der Waals surface area contributed by atoms with Gasteiger partial charge in [0.05, 0.1) is 19.0 Å². The van der Waals surface area contributed by atoms with Crippen LogP contribution in [-0.4, -0.2) is 53.5 Å². The lowest BCUT2D eigenvalue weighted by Gasteiger charge is -2.35. The van der Waals surface area contributed by atoms with Crippen molar-refractivity contribution in [3.63, 3.8) is 0 Å². The second kappa shape index (κ2) is 8.25. The van der Waals surface area contributed by atoms with E-state index in [1.165, 1.54) is 39.7 Å². The van der Waals surface area contributed by atoms with Gasteiger partial charge in [-0.25, -0.2) is 14.4 Å². The van der Waals surface area contributed by atoms with E-state index in [1.54, 1.807) is 12.1 Å². The zero-order valence-electron chi connectivity index (χ0n) is 17.9. The molecule has 2 aromatic rings. The van der Waals surface area contributed by atoms with Gasteiger partial charge in [0.1, 0.15) is 17.5 Å². The number of piperidine rings is 1. The second-order valence-electron chi connectivity index (χ2n) is 8.17. The van der Waals surface area contributed by atoms with E-state index in [2.05, 4.69) is 9.97 Å². The summed E-state index contributed by atoms with van der Waals surface area (Å²) in [6, 6.07) is 5.63. The molecule has 0 radical (unpaired) electrons. The third-order valence-electron chi connectivity index (χ3n) is 5.83. The van der Waals surface area contributed by atoms with Crippen LogP contribution in [-0.2, 0) is 28.0 Å². The van der Waals surface area contributed by atoms with Crippen molar-refractivity contribution in [3.8, 4) is 0 Å². The zero-order chi connectivity index (χ0) is 22.3. The van der Waals surface area contributed by atoms with Gasteiger partial charge >= 0.3 is 0 Å². The van der Waals surface area contributed by atoms with E-state index < -0.39 is 16.3 Å². The number of rotatable bonds is 5. The molecule has 0 aliphatic carbocycles. The van der Waals surface area contributed by atoms with Crippen LogP contribution in [0.2, 0.25) is 0 Å². The van der Waals surface area contributed by atoms with Gasteiger partial charge in [-0.2, -0.15) is 17.0 Å². The van der Waals surface area contributed by atoms with Crippen LogP contribution in [0.4, 0.5) is 10.2 Å². The largest absolute Gasteiger partial charge is 0.292 e. The fraction of sp³-hybridized carbons (Fsp3) is 0.476. The Kier molecular flexibility index (Phi) is 5.80. The molecule has 1 saturated heterocycles. The first-order valence-electron chi connectivity index (χ1n) is 10.3. The first-order chi connectivity index (χ1) is 14.7. The van der Waals surface area contributed by atoms with Crippen molar-refractivity contribution in [2.24, 2.45) is 0 Å². The highest BCUT2D eigenvalue weighted by Gasteiger charge is 2.38. The lowest BCUT2D eigenvalue weighted by atomic mass is 10.0. The molecule has 2 aliphatic rings. The highest BCUT2D eigenvalue weighted by atomic mass is 32.2. The number of hydrogen-bond donors (Lipinski definition) is 0. The topological polar surface area (TPSA) is 86.7 Å². The van der Waals surface area contributed by atoms with Crippen LogP contribution in [0.15, 0.2) is 24.3 Å². The number of anilines is 1. The van der Waals surface area contributed by atoms with E-state index in [9.17, 15) is 17.6 Å². The number of aromatic nitrogens is 2. The molecule has 0 bridgehead atoms. The van der Waals surface area contributed by atoms with E-state index in [1.807, 2.05) is 6.92 Å². The van der Waals surface area contributed by atoms with E-state index in [-0.39, 0.29) is 24.7 Å². The Morgan fingerprint density at radius 2 is 2.00 bits per heavy atom. The summed E-state index contributed by atoms with van der Waals surface area (Å²) < 4.78 is 42.0. The molecule has 3 heterocycles. The highest BCUT2D eigenvalue weighted by Crippen LogP contribution is 2.36. The van der Waals surface area contributed by atoms with Gasteiger partial charge in [0.15, 0.2) is 0 Å². The fourth-order valence-corrected chi connectivity index (χ4v) is 5.48. The summed E-state index contributed by atoms with van der Waals surface area (Å²) in [5.41, 5.74) is 2.07. The third kappa shape index (κ3) is 4.07. The van der Waals surface area contributed by atoms with E-state index in [0.29, 0.717) is 35.9 Å². The number of amides is 1. The Hall–Kier alpha value is -2.43. The molecule has 1 aromatic carbocycles. The zero-order valence-corrected chi connectivity index (χ0v) is 18.7. The van der Waals surface area contributed by atoms with Gasteiger partial charge in [0, 0.05) is 31.9 Å². The Morgan fingerprint density at radius 1 is 1.23 bits per heavy atom. The van der Waals surface area contributed by atoms with Crippen LogP contribution < -0.4 is 4.90 Å². The van der Waals surface area contributed by atoms with Crippen molar-refractivity contribution < 1.29 is 17.6 Å². The van der Waals surface area contributed by atoms with Crippen molar-refractivity contribution in [1.29, 1.82) is 0 Å². The minimum Gasteiger partial charge on any atom is -0.292 e. The smallest absolute Gasteiger partial charge is 0.282 e. The Bertz CT molecular complexity index is 1120. The van der Waals surface area contributed by atoms with Crippen LogP contribution in [0.25, 0.3) is 0 Å². The van der Waals surface area contributed by atoms with Crippen LogP contribution >= 0.6 is 0 Å². The normalized spacial score (nSPS) is 19.8. The molecular formula is C21H26FN5O3S. The number of fused-ring (bicyclic) bond motifs is 1. The molecule has 4 rings (SSSR count). The number of carbonyl (C=O) groups excluding carboxylic acids is 1. The summed E-state index contributed by atoms with van der Waals surface area (Å²) in [5, 5.41) is 0. The predicted octanol–water partition coefficient (Wildman–Crippen LogP) is 2.35. The van der Waals surface area contributed by atoms with E-state index in [0.717, 1.165) is 18.4 Å². The fourth-order valence-electron chi connectivity index (χ4n) is 4.18. The second-order valence-corrected chi connectivity index (χ2v) is 10.3. The van der Waals surface area contributed by atoms with Crippen LogP contribution in [0, 0.1) is 12.7 Å². The molecular weight excluding hydrogens is 421 g/mol. The summed E-state index contributed by atoms with van der Waals surface area (Å²) >= 11 is 0. The predicted molar refractivity (Wildman–Crippen MR) is 114 cm³/mol. The molecule has 166 valence electrons. The quantitative estimate of drug-likeness (QED) is 0.702. The highest BCUT2D eigenvalue weighted by molar-refractivity contribution is 7.86. The molecule has 1 amide bonds. The van der Waals surface area contributed by atoms with Crippen LogP contribution in [0.1, 0.15) is 47.9 Å². The van der Waals surface area contributed by atoms with Gasteiger partial charge in [-0.1, -0.05) is 18.6 Å². The lowest BCUT2D eigenvalue weighted by Crippen LogP contribution is -2.45. The summed E-state index contributed by atoms with van der Waals surface area (Å²) in [4.78, 5) is 23.6. The molecule has 1 fully saturated rings. The molecule has 1 aromatic heterocycles. The van der Waals surface area contributed by atoms with Gasteiger partial charge in [-0.05, 0) is 37.5 Å². The average molecular weight is 448 g/mol. The summed E-state index contributed by atoms with van der Waals surface area (Å²) in [5.74, 6) is 0.399. The number of carbonyl (C=O) groups is 1. The maximum absolute atomic E-state index is 13.6. The summed E-state index contributed by atoms with van der Waals surface area (Å²) in [6.45, 7) is 2.41. The standard InChI is InChI=1S/C21H26FN5O3S/c1-14-17-12-19(28)26(13-15-7-6-8-16(22)11-15)21(17)24-20(23-14)18-9-4-5-10-27(18)31(29,30)25(2)3/h6-8,11,18H,4-5,9-10,12-13H2,1-3H3/t18-/m0/s1. The van der Waals surface area contributed by atoms with Gasteiger partial charge in [-0.15, -0.1) is 0 Å². The minimum atomic E-state index is -3.64. The van der Waals surface area contributed by atoms with Gasteiger partial charge < -0.3 is 0 Å². The SMILES string of the molecule is Cc1nc([C@@H]2CCCCN2S(=O)(=O)N(C)C)nc2c1CC(=O)N2Cc1cccc(F)c1. The molecule has 0 saturated carbocycles. The van der Waals surface area contributed by atoms with E-state index in [4.69, 9.17) is 0 Å². The maximum atomic E-state index is 13.6. The molecule has 2 aliphatic heterocycles. The molecule has 31 heavy (non-hydrogen) atoms. The lowest BCUT2D eigenvalue weighted by molar-refractivity contribution is -0.117. The van der Waals surface area contributed by atoms with Gasteiger partial charge in [0.25, 0.3) is 10.2 Å². The monoisotopic (exact) mass is 447 g/mol. The summed E-state index contributed by atoms with van der Waals surface area (Å²) in [7, 11) is -0.619. The van der Waals surface area contributed by atoms with Crippen molar-refractivity contribution in [1.82, 2.24) is 18.6 Å². The first-order valence-corrected chi connectivity index (χ1v) is 11.7. The minimum absolute atomic E-state index is 0.129. The van der Waals surface area contributed by atoms with Gasteiger partial charge in [-0.3, -0.25) is 9.69 Å². The molecule has 0 spiro atoms. The number of benzene rings is 1. The Morgan fingerprint density at radius 3 is 2.71 bits per heavy atom. The van der Waals surface area contributed by atoms with Crippen LogP contribution in [0.5, 0.6) is 0 Å². The number of aryl methyl sites for hydroxylation is 1. The average Bonchev–Trinajstić information content (AvgIpc) is 3.04. The molecule has 0 unspecified atom stereocenters. The summed E-state index contributed by atoms with van der Waals surface area (Å²) in [6.07, 6.45) is 2.44. The van der Waals surface area contributed by atoms with Crippen molar-refractivity contribution in [2.75, 3.05) is 25.5 Å². The number of nitrogens with zero attached hydrogens (tertiary/aromatic N) is 5. The van der Waals surface area contributed by atoms with Crippen molar-refractivity contribution >= 4 is 21.9 Å². The van der Waals surface area contributed by atoms with Gasteiger partial charge in [0.2, 0.25) is 5.91 Å². The number of hydrogen-bond acceptors (Lipinski definition) is 5. The molecule has 10 heteroatoms. The Labute approximate surface area is 181 Å².